The first kappa shape index (κ1) is 21.5. The molecule has 2 saturated heterocycles. The molecule has 12 heteroatoms. The van der Waals surface area contributed by atoms with Gasteiger partial charge in [-0.2, -0.15) is 0 Å². The van der Waals surface area contributed by atoms with Crippen LogP contribution in [-0.4, -0.2) is 109 Å². The molecule has 2 fully saturated rings. The zero-order chi connectivity index (χ0) is 20.6. The van der Waals surface area contributed by atoms with E-state index < -0.39 is 74.1 Å². The van der Waals surface area contributed by atoms with Crippen molar-refractivity contribution in [2.45, 2.75) is 60.9 Å². The lowest BCUT2D eigenvalue weighted by Gasteiger charge is -2.48. The van der Waals surface area contributed by atoms with Gasteiger partial charge in [0, 0.05) is 0 Å². The molecule has 0 radical (unpaired) electrons. The third kappa shape index (κ3) is 3.58. The summed E-state index contributed by atoms with van der Waals surface area (Å²) in [5, 5.41) is 80.0. The van der Waals surface area contributed by atoms with Gasteiger partial charge in [-0.15, -0.1) is 0 Å². The highest BCUT2D eigenvalue weighted by Crippen LogP contribution is 2.38. The van der Waals surface area contributed by atoms with Crippen LogP contribution in [0.15, 0.2) is 22.8 Å². The summed E-state index contributed by atoms with van der Waals surface area (Å²) in [6.07, 6.45) is -13.5. The largest absolute Gasteiger partial charge is 0.464 e. The second kappa shape index (κ2) is 8.30. The van der Waals surface area contributed by atoms with Crippen LogP contribution in [0.1, 0.15) is 5.76 Å². The van der Waals surface area contributed by atoms with E-state index in [0.29, 0.717) is 0 Å². The van der Waals surface area contributed by atoms with Gasteiger partial charge >= 0.3 is 0 Å². The number of hydrogen-bond donors (Lipinski definition) is 8. The Morgan fingerprint density at radius 2 is 1.61 bits per heavy atom. The molecule has 8 N–H and O–H groups in total. The molecule has 12 nitrogen and oxygen atoms in total. The minimum Gasteiger partial charge on any atom is -0.464 e. The normalized spacial score (nSPS) is 47.2. The summed E-state index contributed by atoms with van der Waals surface area (Å²) in [6, 6.07) is 2.71. The monoisotopic (exact) mass is 408 g/mol. The van der Waals surface area contributed by atoms with Crippen LogP contribution in [0, 0.1) is 0 Å². The smallest absolute Gasteiger partial charge is 0.255 e. The molecule has 2 aliphatic rings. The van der Waals surface area contributed by atoms with E-state index in [9.17, 15) is 40.9 Å². The number of aliphatic hydroxyl groups is 8. The van der Waals surface area contributed by atoms with Crippen molar-refractivity contribution >= 4 is 0 Å². The highest BCUT2D eigenvalue weighted by atomic mass is 16.7. The van der Waals surface area contributed by atoms with Crippen molar-refractivity contribution in [1.82, 2.24) is 0 Å². The minimum atomic E-state index is -2.48. The predicted octanol–water partition coefficient (Wildman–Crippen LogP) is -4.28. The van der Waals surface area contributed by atoms with Crippen LogP contribution >= 0.6 is 0 Å². The number of ether oxygens (including phenoxy) is 3. The molecule has 0 aliphatic carbocycles. The molecule has 10 atom stereocenters. The molecule has 2 aliphatic heterocycles. The molecule has 0 spiro atoms. The fraction of sp³-hybridized carbons (Fsp3) is 0.750. The quantitative estimate of drug-likeness (QED) is 0.233. The molecular weight excluding hydrogens is 384 g/mol. The van der Waals surface area contributed by atoms with Crippen molar-refractivity contribution in [1.29, 1.82) is 0 Å². The fourth-order valence-corrected chi connectivity index (χ4v) is 3.33. The van der Waals surface area contributed by atoms with Crippen molar-refractivity contribution in [3.05, 3.63) is 24.2 Å². The summed E-state index contributed by atoms with van der Waals surface area (Å²) >= 11 is 0. The SMILES string of the molecule is OC[C@H]1O[C@@H](O[C@H]2[C@H](O)[C@@H](O)C(O)(c3ccco3)O[C@@H]2CO)[C@H](O)[C@@H](O)[C@H]1O. The topological polar surface area (TPSA) is 203 Å². The Bertz CT molecular complexity index is 621. The zero-order valence-corrected chi connectivity index (χ0v) is 14.6. The number of hydrogen-bond acceptors (Lipinski definition) is 12. The molecule has 0 saturated carbocycles. The summed E-state index contributed by atoms with van der Waals surface area (Å²) in [4.78, 5) is 0. The summed E-state index contributed by atoms with van der Waals surface area (Å²) in [5.41, 5.74) is 0. The Hall–Kier alpha value is -1.16. The first-order valence-electron chi connectivity index (χ1n) is 8.61. The highest BCUT2D eigenvalue weighted by molar-refractivity contribution is 5.12. The second-order valence-corrected chi connectivity index (χ2v) is 6.75. The van der Waals surface area contributed by atoms with Gasteiger partial charge in [-0.3, -0.25) is 0 Å². The Morgan fingerprint density at radius 3 is 2.18 bits per heavy atom. The molecule has 3 heterocycles. The number of aliphatic hydroxyl groups excluding tert-OH is 7. The van der Waals surface area contributed by atoms with E-state index in [0.717, 1.165) is 0 Å². The van der Waals surface area contributed by atoms with E-state index in [4.69, 9.17) is 18.6 Å². The summed E-state index contributed by atoms with van der Waals surface area (Å²) in [6.45, 7) is -1.46. The van der Waals surface area contributed by atoms with E-state index in [2.05, 4.69) is 0 Å². The van der Waals surface area contributed by atoms with Crippen molar-refractivity contribution in [2.75, 3.05) is 13.2 Å². The lowest BCUT2D eigenvalue weighted by atomic mass is 9.90. The molecule has 1 unspecified atom stereocenters. The Labute approximate surface area is 158 Å². The minimum absolute atomic E-state index is 0.219. The molecule has 1 aromatic rings. The predicted molar refractivity (Wildman–Crippen MR) is 85.2 cm³/mol. The number of rotatable bonds is 5. The van der Waals surface area contributed by atoms with Crippen LogP contribution in [0.3, 0.4) is 0 Å². The van der Waals surface area contributed by atoms with Gasteiger partial charge in [-0.25, -0.2) is 0 Å². The maximum Gasteiger partial charge on any atom is 0.255 e. The molecule has 160 valence electrons. The van der Waals surface area contributed by atoms with E-state index in [-0.39, 0.29) is 5.76 Å². The zero-order valence-electron chi connectivity index (χ0n) is 14.6. The van der Waals surface area contributed by atoms with Crippen LogP contribution in [0.5, 0.6) is 0 Å². The lowest BCUT2D eigenvalue weighted by molar-refractivity contribution is -0.392. The van der Waals surface area contributed by atoms with Gasteiger partial charge in [0.25, 0.3) is 5.79 Å². The van der Waals surface area contributed by atoms with Crippen LogP contribution in [-0.2, 0) is 20.0 Å². The van der Waals surface area contributed by atoms with Crippen molar-refractivity contribution in [3.8, 4) is 0 Å². The van der Waals surface area contributed by atoms with Crippen LogP contribution in [0.4, 0.5) is 0 Å². The first-order chi connectivity index (χ1) is 13.2. The van der Waals surface area contributed by atoms with E-state index in [1.54, 1.807) is 0 Å². The van der Waals surface area contributed by atoms with Crippen molar-refractivity contribution in [3.63, 3.8) is 0 Å². The Balaban J connectivity index is 1.80. The third-order valence-electron chi connectivity index (χ3n) is 4.95. The highest BCUT2D eigenvalue weighted by Gasteiger charge is 2.57. The molecule has 28 heavy (non-hydrogen) atoms. The van der Waals surface area contributed by atoms with Crippen LogP contribution in [0.25, 0.3) is 0 Å². The standard InChI is InChI=1S/C16H24O12/c17-4-6-9(19)10(20)11(21)15(26-6)27-13-7(5-18)28-16(24,14(23)12(13)22)8-2-1-3-25-8/h1-3,6-7,9-15,17-24H,4-5H2/t6-,7-,9+,10+,11-,12+,13-,14-,15+,16?/m1/s1. The molecule has 3 rings (SSSR count). The second-order valence-electron chi connectivity index (χ2n) is 6.75. The van der Waals surface area contributed by atoms with Gasteiger partial charge in [0.05, 0.1) is 19.5 Å². The van der Waals surface area contributed by atoms with Gasteiger partial charge in [-0.05, 0) is 12.1 Å². The van der Waals surface area contributed by atoms with Gasteiger partial charge in [0.15, 0.2) is 12.1 Å². The van der Waals surface area contributed by atoms with E-state index in [1.165, 1.54) is 18.4 Å². The van der Waals surface area contributed by atoms with Crippen LogP contribution in [0.2, 0.25) is 0 Å². The van der Waals surface area contributed by atoms with Crippen LogP contribution < -0.4 is 0 Å². The van der Waals surface area contributed by atoms with Crippen molar-refractivity contribution in [2.24, 2.45) is 0 Å². The Morgan fingerprint density at radius 1 is 0.929 bits per heavy atom. The van der Waals surface area contributed by atoms with Gasteiger partial charge in [-0.1, -0.05) is 0 Å². The first-order valence-corrected chi connectivity index (χ1v) is 8.61. The van der Waals surface area contributed by atoms with E-state index in [1.807, 2.05) is 0 Å². The maximum absolute atomic E-state index is 10.6. The average molecular weight is 408 g/mol. The van der Waals surface area contributed by atoms with E-state index >= 15 is 0 Å². The maximum atomic E-state index is 10.6. The molecule has 0 bridgehead atoms. The van der Waals surface area contributed by atoms with Gasteiger partial charge < -0.3 is 59.5 Å². The Kier molecular flexibility index (Phi) is 6.38. The van der Waals surface area contributed by atoms with Gasteiger partial charge in [0.2, 0.25) is 0 Å². The van der Waals surface area contributed by atoms with Gasteiger partial charge in [0.1, 0.15) is 48.8 Å². The van der Waals surface area contributed by atoms with Crippen molar-refractivity contribution < 1.29 is 59.5 Å². The molecule has 1 aromatic heterocycles. The third-order valence-corrected chi connectivity index (χ3v) is 4.95. The molecular formula is C16H24O12. The average Bonchev–Trinajstić information content (AvgIpc) is 3.23. The number of furan rings is 1. The summed E-state index contributed by atoms with van der Waals surface area (Å²) in [7, 11) is 0. The lowest BCUT2D eigenvalue weighted by Crippen LogP contribution is -2.66. The summed E-state index contributed by atoms with van der Waals surface area (Å²) < 4.78 is 20.9. The fourth-order valence-electron chi connectivity index (χ4n) is 3.33. The molecule has 0 amide bonds. The molecule has 0 aromatic carbocycles. The summed E-state index contributed by atoms with van der Waals surface area (Å²) in [5.74, 6) is -2.70.